The number of ether oxygens (including phenoxy) is 1. The van der Waals surface area contributed by atoms with Gasteiger partial charge in [0.1, 0.15) is 30.1 Å². The predicted octanol–water partition coefficient (Wildman–Crippen LogP) is 1.56. The third-order valence-corrected chi connectivity index (χ3v) is 5.74. The largest absolute Gasteiger partial charge is 0.491 e. The van der Waals surface area contributed by atoms with Crippen LogP contribution in [0.5, 0.6) is 5.75 Å². The van der Waals surface area contributed by atoms with Gasteiger partial charge >= 0.3 is 0 Å². The van der Waals surface area contributed by atoms with E-state index in [4.69, 9.17) is 14.9 Å². The maximum absolute atomic E-state index is 11.6. The Balaban J connectivity index is 1.50. The van der Waals surface area contributed by atoms with Gasteiger partial charge < -0.3 is 14.7 Å². The molecular formula is C21H24N6O3. The number of carbonyl (C=O) groups is 1. The number of carbonyl (C=O) groups excluding carboxylic acids is 1. The van der Waals surface area contributed by atoms with Crippen LogP contribution in [0.1, 0.15) is 37.1 Å². The first kappa shape index (κ1) is 18.8. The van der Waals surface area contributed by atoms with Crippen LogP contribution in [0.3, 0.4) is 0 Å². The van der Waals surface area contributed by atoms with Gasteiger partial charge in [0.15, 0.2) is 5.82 Å². The number of aromatic nitrogens is 5. The van der Waals surface area contributed by atoms with Gasteiger partial charge in [0.25, 0.3) is 0 Å². The summed E-state index contributed by atoms with van der Waals surface area (Å²) in [6.07, 6.45) is 2.31. The van der Waals surface area contributed by atoms with E-state index < -0.39 is 6.61 Å². The molecule has 0 unspecified atom stereocenters. The number of rotatable bonds is 4. The fourth-order valence-electron chi connectivity index (χ4n) is 4.06. The Labute approximate surface area is 173 Å². The minimum absolute atomic E-state index is 0.189. The number of amides is 1. The molecule has 156 valence electrons. The molecule has 0 radical (unpaired) electrons. The molecule has 0 spiro atoms. The molecule has 1 saturated heterocycles. The molecule has 5 rings (SSSR count). The predicted molar refractivity (Wildman–Crippen MR) is 109 cm³/mol. The molecule has 0 aliphatic carbocycles. The molecule has 1 fully saturated rings. The Morgan fingerprint density at radius 3 is 2.90 bits per heavy atom. The zero-order valence-corrected chi connectivity index (χ0v) is 17.0. The van der Waals surface area contributed by atoms with Crippen molar-refractivity contribution in [3.8, 4) is 23.0 Å². The number of likely N-dealkylation sites (tertiary alicyclic amines) is 1. The molecule has 30 heavy (non-hydrogen) atoms. The van der Waals surface area contributed by atoms with Gasteiger partial charge in [-0.15, -0.1) is 0 Å². The molecule has 0 bridgehead atoms. The van der Waals surface area contributed by atoms with Crippen molar-refractivity contribution < 1.29 is 14.6 Å². The summed E-state index contributed by atoms with van der Waals surface area (Å²) >= 11 is 0. The van der Waals surface area contributed by atoms with E-state index in [0.29, 0.717) is 19.7 Å². The first-order valence-electron chi connectivity index (χ1n) is 10.2. The third-order valence-electron chi connectivity index (χ3n) is 5.74. The zero-order valence-electron chi connectivity index (χ0n) is 17.0. The second-order valence-corrected chi connectivity index (χ2v) is 8.03. The number of aliphatic hydroxyl groups is 1. The molecule has 0 saturated carbocycles. The van der Waals surface area contributed by atoms with E-state index in [1.54, 1.807) is 11.2 Å². The lowest BCUT2D eigenvalue weighted by Gasteiger charge is -2.39. The van der Waals surface area contributed by atoms with Crippen molar-refractivity contribution in [2.75, 3.05) is 26.3 Å². The van der Waals surface area contributed by atoms with Gasteiger partial charge in [0.2, 0.25) is 5.91 Å². The third kappa shape index (κ3) is 3.06. The van der Waals surface area contributed by atoms with E-state index >= 15 is 0 Å². The van der Waals surface area contributed by atoms with Gasteiger partial charge in [-0.2, -0.15) is 10.2 Å². The fourth-order valence-corrected chi connectivity index (χ4v) is 4.06. The van der Waals surface area contributed by atoms with E-state index in [1.807, 2.05) is 15.4 Å². The van der Waals surface area contributed by atoms with E-state index in [0.717, 1.165) is 40.6 Å². The highest BCUT2D eigenvalue weighted by Crippen LogP contribution is 2.35. The van der Waals surface area contributed by atoms with Crippen LogP contribution in [-0.2, 0) is 11.2 Å². The molecule has 1 N–H and O–H groups in total. The van der Waals surface area contributed by atoms with Gasteiger partial charge in [-0.25, -0.2) is 14.3 Å². The molecular weight excluding hydrogens is 384 g/mol. The van der Waals surface area contributed by atoms with Crippen molar-refractivity contribution in [2.24, 2.45) is 0 Å². The summed E-state index contributed by atoms with van der Waals surface area (Å²) in [4.78, 5) is 17.7. The highest BCUT2D eigenvalue weighted by Gasteiger charge is 2.32. The van der Waals surface area contributed by atoms with Crippen LogP contribution in [0, 0.1) is 0 Å². The maximum atomic E-state index is 11.6. The highest BCUT2D eigenvalue weighted by molar-refractivity contribution is 5.78. The average molecular weight is 408 g/mol. The Morgan fingerprint density at radius 1 is 1.30 bits per heavy atom. The van der Waals surface area contributed by atoms with E-state index in [1.165, 1.54) is 0 Å². The molecule has 4 heterocycles. The van der Waals surface area contributed by atoms with Crippen LogP contribution in [0.15, 0.2) is 30.6 Å². The summed E-state index contributed by atoms with van der Waals surface area (Å²) in [7, 11) is 0. The first-order chi connectivity index (χ1) is 14.5. The number of aliphatic hydroxyl groups excluding tert-OH is 1. The fraction of sp³-hybridized carbons (Fsp3) is 0.429. The standard InChI is InChI=1S/C21H24N6O3/c1-13(2)26-21(22-12-23-26)17-8-16-5-6-30-19-4-3-14(7-18(19)27(16)24-17)15-9-25(10-15)20(29)11-28/h3-4,7-8,12-13,15,28H,5-6,9-11H2,1-2H3. The van der Waals surface area contributed by atoms with E-state index in [2.05, 4.69) is 42.1 Å². The molecule has 0 atom stereocenters. The van der Waals surface area contributed by atoms with Crippen molar-refractivity contribution in [1.82, 2.24) is 29.4 Å². The Hall–Kier alpha value is -3.20. The van der Waals surface area contributed by atoms with Crippen molar-refractivity contribution in [1.29, 1.82) is 0 Å². The Bertz CT molecular complexity index is 1100. The van der Waals surface area contributed by atoms with Crippen molar-refractivity contribution in [2.45, 2.75) is 32.2 Å². The second kappa shape index (κ2) is 7.24. The SMILES string of the molecule is CC(C)n1ncnc1-c1cc2n(n1)-c1cc(C3CN(C(=O)CO)C3)ccc1OCC2. The van der Waals surface area contributed by atoms with E-state index in [-0.39, 0.29) is 17.9 Å². The summed E-state index contributed by atoms with van der Waals surface area (Å²) in [5, 5.41) is 18.2. The number of hydrogen-bond donors (Lipinski definition) is 1. The Morgan fingerprint density at radius 2 is 2.13 bits per heavy atom. The van der Waals surface area contributed by atoms with Crippen molar-refractivity contribution in [3.05, 3.63) is 41.9 Å². The van der Waals surface area contributed by atoms with Crippen LogP contribution in [0.4, 0.5) is 0 Å². The molecule has 9 nitrogen and oxygen atoms in total. The van der Waals surface area contributed by atoms with Crippen molar-refractivity contribution in [3.63, 3.8) is 0 Å². The first-order valence-corrected chi connectivity index (χ1v) is 10.2. The lowest BCUT2D eigenvalue weighted by atomic mass is 9.91. The molecule has 3 aromatic rings. The molecule has 1 amide bonds. The smallest absolute Gasteiger partial charge is 0.248 e. The highest BCUT2D eigenvalue weighted by atomic mass is 16.5. The van der Waals surface area contributed by atoms with Gasteiger partial charge in [-0.05, 0) is 37.6 Å². The monoisotopic (exact) mass is 408 g/mol. The van der Waals surface area contributed by atoms with Crippen molar-refractivity contribution >= 4 is 5.91 Å². The number of nitrogens with zero attached hydrogens (tertiary/aromatic N) is 6. The molecule has 9 heteroatoms. The average Bonchev–Trinajstić information content (AvgIpc) is 3.31. The topological polar surface area (TPSA) is 98.3 Å². The lowest BCUT2D eigenvalue weighted by molar-refractivity contribution is -0.138. The molecule has 2 aromatic heterocycles. The van der Waals surface area contributed by atoms with Gasteiger partial charge in [0, 0.05) is 37.2 Å². The van der Waals surface area contributed by atoms with Crippen LogP contribution in [0.25, 0.3) is 17.2 Å². The lowest BCUT2D eigenvalue weighted by Crippen LogP contribution is -2.49. The summed E-state index contributed by atoms with van der Waals surface area (Å²) in [6.45, 7) is 5.51. The quantitative estimate of drug-likeness (QED) is 0.704. The van der Waals surface area contributed by atoms with Gasteiger partial charge in [0.05, 0.1) is 6.61 Å². The normalized spacial score (nSPS) is 15.9. The summed E-state index contributed by atoms with van der Waals surface area (Å²) in [5.74, 6) is 1.57. The van der Waals surface area contributed by atoms with Crippen LogP contribution in [0.2, 0.25) is 0 Å². The number of hydrogen-bond acceptors (Lipinski definition) is 6. The van der Waals surface area contributed by atoms with Gasteiger partial charge in [-0.3, -0.25) is 4.79 Å². The summed E-state index contributed by atoms with van der Waals surface area (Å²) in [6, 6.07) is 8.37. The molecule has 2 aliphatic rings. The molecule has 1 aromatic carbocycles. The van der Waals surface area contributed by atoms with Crippen LogP contribution >= 0.6 is 0 Å². The molecule has 2 aliphatic heterocycles. The minimum Gasteiger partial charge on any atom is -0.491 e. The minimum atomic E-state index is -0.439. The number of fused-ring (bicyclic) bond motifs is 3. The summed E-state index contributed by atoms with van der Waals surface area (Å²) < 4.78 is 9.77. The summed E-state index contributed by atoms with van der Waals surface area (Å²) in [5.41, 5.74) is 3.88. The Kier molecular flexibility index (Phi) is 4.54. The van der Waals surface area contributed by atoms with E-state index in [9.17, 15) is 4.79 Å². The number of benzene rings is 1. The van der Waals surface area contributed by atoms with Gasteiger partial charge in [-0.1, -0.05) is 6.07 Å². The second-order valence-electron chi connectivity index (χ2n) is 8.03. The van der Waals surface area contributed by atoms with Crippen LogP contribution < -0.4 is 4.74 Å². The maximum Gasteiger partial charge on any atom is 0.248 e. The van der Waals surface area contributed by atoms with Crippen LogP contribution in [-0.4, -0.2) is 66.8 Å². The zero-order chi connectivity index (χ0) is 20.8.